The van der Waals surface area contributed by atoms with Crippen LogP contribution in [0.5, 0.6) is 0 Å². The van der Waals surface area contributed by atoms with Crippen LogP contribution < -0.4 is 0 Å². The summed E-state index contributed by atoms with van der Waals surface area (Å²) in [6, 6.07) is 0. The van der Waals surface area contributed by atoms with Crippen LogP contribution in [0.15, 0.2) is 12.7 Å². The zero-order chi connectivity index (χ0) is 9.68. The van der Waals surface area contributed by atoms with Gasteiger partial charge in [-0.05, 0) is 12.8 Å². The van der Waals surface area contributed by atoms with Crippen molar-refractivity contribution in [3.8, 4) is 0 Å². The number of carbonyl (C=O) groups excluding carboxylic acids is 2. The molecule has 1 aliphatic rings. The number of ketones is 1. The number of ether oxygens (including phenoxy) is 2. The van der Waals surface area contributed by atoms with E-state index in [-0.39, 0.29) is 18.7 Å². The highest BCUT2D eigenvalue weighted by Crippen LogP contribution is 2.17. The summed E-state index contributed by atoms with van der Waals surface area (Å²) in [6.07, 6.45) is 2.83. The molecule has 4 nitrogen and oxygen atoms in total. The van der Waals surface area contributed by atoms with E-state index in [1.165, 1.54) is 0 Å². The number of carbonyl (C=O) groups is 2. The SMILES string of the molecule is C=CC(=O)OCOC1CCCC1=O. The number of Topliss-reactive ketones (excluding diaryl/α,β-unsaturated/α-hetero) is 1. The Labute approximate surface area is 76.5 Å². The van der Waals surface area contributed by atoms with Crippen LogP contribution in [0.3, 0.4) is 0 Å². The van der Waals surface area contributed by atoms with E-state index in [2.05, 4.69) is 11.3 Å². The van der Waals surface area contributed by atoms with Gasteiger partial charge in [-0.1, -0.05) is 6.58 Å². The highest BCUT2D eigenvalue weighted by Gasteiger charge is 2.24. The van der Waals surface area contributed by atoms with Crippen molar-refractivity contribution in [2.24, 2.45) is 0 Å². The zero-order valence-electron chi connectivity index (χ0n) is 7.32. The molecule has 72 valence electrons. The molecule has 0 aromatic carbocycles. The third-order valence-electron chi connectivity index (χ3n) is 1.89. The van der Waals surface area contributed by atoms with Crippen molar-refractivity contribution < 1.29 is 19.1 Å². The molecule has 1 saturated carbocycles. The Morgan fingerprint density at radius 2 is 2.46 bits per heavy atom. The molecule has 13 heavy (non-hydrogen) atoms. The van der Waals surface area contributed by atoms with E-state index in [1.54, 1.807) is 0 Å². The van der Waals surface area contributed by atoms with Crippen molar-refractivity contribution in [1.82, 2.24) is 0 Å². The largest absolute Gasteiger partial charge is 0.435 e. The summed E-state index contributed by atoms with van der Waals surface area (Å²) in [6.45, 7) is 3.06. The Kier molecular flexibility index (Phi) is 3.64. The van der Waals surface area contributed by atoms with E-state index in [1.807, 2.05) is 0 Å². The van der Waals surface area contributed by atoms with Gasteiger partial charge in [-0.3, -0.25) is 4.79 Å². The van der Waals surface area contributed by atoms with Gasteiger partial charge < -0.3 is 9.47 Å². The normalized spacial score (nSPS) is 21.5. The standard InChI is InChI=1S/C9H12O4/c1-2-9(11)13-6-12-8-5-3-4-7(8)10/h2,8H,1,3-6H2. The van der Waals surface area contributed by atoms with Gasteiger partial charge in [0, 0.05) is 12.5 Å². The highest BCUT2D eigenvalue weighted by molar-refractivity contribution is 5.85. The molecule has 0 amide bonds. The molecule has 0 saturated heterocycles. The molecule has 0 spiro atoms. The first kappa shape index (κ1) is 9.92. The van der Waals surface area contributed by atoms with Gasteiger partial charge in [0.25, 0.3) is 0 Å². The van der Waals surface area contributed by atoms with Crippen LogP contribution in [0.4, 0.5) is 0 Å². The summed E-state index contributed by atoms with van der Waals surface area (Å²) in [5.74, 6) is -0.444. The summed E-state index contributed by atoms with van der Waals surface area (Å²) in [4.78, 5) is 21.6. The summed E-state index contributed by atoms with van der Waals surface area (Å²) in [5, 5.41) is 0. The van der Waals surface area contributed by atoms with Crippen LogP contribution in [0.2, 0.25) is 0 Å². The van der Waals surface area contributed by atoms with E-state index < -0.39 is 5.97 Å². The maximum absolute atomic E-state index is 11.0. The van der Waals surface area contributed by atoms with Gasteiger partial charge in [0.1, 0.15) is 6.10 Å². The van der Waals surface area contributed by atoms with Crippen LogP contribution in [0.25, 0.3) is 0 Å². The number of hydrogen-bond acceptors (Lipinski definition) is 4. The van der Waals surface area contributed by atoms with E-state index in [0.717, 1.165) is 18.9 Å². The fraction of sp³-hybridized carbons (Fsp3) is 0.556. The average molecular weight is 184 g/mol. The molecule has 0 bridgehead atoms. The fourth-order valence-electron chi connectivity index (χ4n) is 1.19. The highest BCUT2D eigenvalue weighted by atomic mass is 16.7. The maximum Gasteiger partial charge on any atom is 0.332 e. The lowest BCUT2D eigenvalue weighted by molar-refractivity contribution is -0.158. The van der Waals surface area contributed by atoms with Gasteiger partial charge in [0.05, 0.1) is 0 Å². The van der Waals surface area contributed by atoms with Crippen molar-refractivity contribution in [1.29, 1.82) is 0 Å². The number of rotatable bonds is 4. The molecule has 4 heteroatoms. The third-order valence-corrected chi connectivity index (χ3v) is 1.89. The predicted octanol–water partition coefficient (Wildman–Crippen LogP) is 0.811. The summed E-state index contributed by atoms with van der Waals surface area (Å²) in [7, 11) is 0. The molecule has 0 radical (unpaired) electrons. The van der Waals surface area contributed by atoms with Crippen LogP contribution in [0, 0.1) is 0 Å². The van der Waals surface area contributed by atoms with Gasteiger partial charge in [-0.2, -0.15) is 0 Å². The molecule has 0 aromatic rings. The Morgan fingerprint density at radius 3 is 3.00 bits per heavy atom. The third kappa shape index (κ3) is 2.99. The molecule has 0 N–H and O–H groups in total. The minimum atomic E-state index is -0.537. The molecule has 1 unspecified atom stereocenters. The number of esters is 1. The molecule has 0 aliphatic heterocycles. The Balaban J connectivity index is 2.15. The minimum Gasteiger partial charge on any atom is -0.435 e. The second-order valence-electron chi connectivity index (χ2n) is 2.80. The van der Waals surface area contributed by atoms with Gasteiger partial charge in [0.2, 0.25) is 0 Å². The van der Waals surface area contributed by atoms with Gasteiger partial charge >= 0.3 is 5.97 Å². The molecule has 1 rings (SSSR count). The Bertz CT molecular complexity index is 222. The summed E-state index contributed by atoms with van der Waals surface area (Å²) in [5.41, 5.74) is 0. The quantitative estimate of drug-likeness (QED) is 0.368. The van der Waals surface area contributed by atoms with Gasteiger partial charge in [-0.15, -0.1) is 0 Å². The second-order valence-corrected chi connectivity index (χ2v) is 2.80. The van der Waals surface area contributed by atoms with Crippen LogP contribution in [0.1, 0.15) is 19.3 Å². The molecule has 1 atom stereocenters. The van der Waals surface area contributed by atoms with Gasteiger partial charge in [0.15, 0.2) is 12.6 Å². The summed E-state index contributed by atoms with van der Waals surface area (Å²) >= 11 is 0. The Hall–Kier alpha value is -1.16. The lowest BCUT2D eigenvalue weighted by Gasteiger charge is -2.08. The van der Waals surface area contributed by atoms with Crippen molar-refractivity contribution >= 4 is 11.8 Å². The van der Waals surface area contributed by atoms with Crippen LogP contribution in [-0.2, 0) is 19.1 Å². The minimum absolute atomic E-state index is 0.0923. The Morgan fingerprint density at radius 1 is 1.69 bits per heavy atom. The molecule has 1 aliphatic carbocycles. The van der Waals surface area contributed by atoms with Crippen molar-refractivity contribution in [2.75, 3.05) is 6.79 Å². The van der Waals surface area contributed by atoms with Crippen molar-refractivity contribution in [3.05, 3.63) is 12.7 Å². The molecule has 0 aromatic heterocycles. The zero-order valence-corrected chi connectivity index (χ0v) is 7.32. The smallest absolute Gasteiger partial charge is 0.332 e. The molecule has 0 heterocycles. The summed E-state index contributed by atoms with van der Waals surface area (Å²) < 4.78 is 9.62. The molecular weight excluding hydrogens is 172 g/mol. The first-order chi connectivity index (χ1) is 6.24. The van der Waals surface area contributed by atoms with E-state index >= 15 is 0 Å². The van der Waals surface area contributed by atoms with Crippen molar-refractivity contribution in [3.63, 3.8) is 0 Å². The van der Waals surface area contributed by atoms with Crippen LogP contribution >= 0.6 is 0 Å². The first-order valence-electron chi connectivity index (χ1n) is 4.17. The van der Waals surface area contributed by atoms with Crippen LogP contribution in [-0.4, -0.2) is 24.6 Å². The molecule has 1 fully saturated rings. The number of hydrogen-bond donors (Lipinski definition) is 0. The topological polar surface area (TPSA) is 52.6 Å². The lowest BCUT2D eigenvalue weighted by Crippen LogP contribution is -2.20. The van der Waals surface area contributed by atoms with E-state index in [4.69, 9.17) is 4.74 Å². The van der Waals surface area contributed by atoms with E-state index in [0.29, 0.717) is 6.42 Å². The van der Waals surface area contributed by atoms with E-state index in [9.17, 15) is 9.59 Å². The first-order valence-corrected chi connectivity index (χ1v) is 4.17. The maximum atomic E-state index is 11.0. The van der Waals surface area contributed by atoms with Gasteiger partial charge in [-0.25, -0.2) is 4.79 Å². The molecular formula is C9H12O4. The lowest BCUT2D eigenvalue weighted by atomic mass is 10.3. The second kappa shape index (κ2) is 4.77. The monoisotopic (exact) mass is 184 g/mol. The van der Waals surface area contributed by atoms with Crippen molar-refractivity contribution in [2.45, 2.75) is 25.4 Å². The fourth-order valence-corrected chi connectivity index (χ4v) is 1.19. The average Bonchev–Trinajstić information content (AvgIpc) is 2.52. The predicted molar refractivity (Wildman–Crippen MR) is 44.9 cm³/mol.